The summed E-state index contributed by atoms with van der Waals surface area (Å²) in [5.41, 5.74) is -0.316. The van der Waals surface area contributed by atoms with Crippen molar-refractivity contribution >= 4 is 23.3 Å². The van der Waals surface area contributed by atoms with Crippen molar-refractivity contribution in [2.24, 2.45) is 0 Å². The molecular formula is C16H20ClNO3. The second kappa shape index (κ2) is 7.05. The number of nitrogens with one attached hydrogen (secondary N) is 1. The number of benzene rings is 1. The summed E-state index contributed by atoms with van der Waals surface area (Å²) >= 11 is 5.95. The minimum atomic E-state index is -0.762. The highest BCUT2D eigenvalue weighted by Crippen LogP contribution is 2.28. The van der Waals surface area contributed by atoms with Gasteiger partial charge in [0.2, 0.25) is 5.91 Å². The zero-order valence-corrected chi connectivity index (χ0v) is 12.7. The lowest BCUT2D eigenvalue weighted by Gasteiger charge is -2.22. The van der Waals surface area contributed by atoms with Gasteiger partial charge in [-0.3, -0.25) is 9.59 Å². The summed E-state index contributed by atoms with van der Waals surface area (Å²) in [6.45, 7) is 0.270. The van der Waals surface area contributed by atoms with Gasteiger partial charge in [-0.1, -0.05) is 36.6 Å². The van der Waals surface area contributed by atoms with Crippen LogP contribution in [0.5, 0.6) is 0 Å². The Morgan fingerprint density at radius 2 is 1.86 bits per heavy atom. The van der Waals surface area contributed by atoms with Crippen LogP contribution >= 0.6 is 11.6 Å². The summed E-state index contributed by atoms with van der Waals surface area (Å²) in [5, 5.41) is 13.3. The summed E-state index contributed by atoms with van der Waals surface area (Å²) < 4.78 is 0. The number of hydrogen-bond donors (Lipinski definition) is 2. The van der Waals surface area contributed by atoms with E-state index in [1.165, 1.54) is 0 Å². The van der Waals surface area contributed by atoms with Gasteiger partial charge in [-0.2, -0.15) is 0 Å². The van der Waals surface area contributed by atoms with Crippen LogP contribution in [0.4, 0.5) is 0 Å². The van der Waals surface area contributed by atoms with Crippen molar-refractivity contribution in [1.82, 2.24) is 5.32 Å². The van der Waals surface area contributed by atoms with E-state index >= 15 is 0 Å². The first-order valence-electron chi connectivity index (χ1n) is 7.27. The molecule has 4 nitrogen and oxygen atoms in total. The van der Waals surface area contributed by atoms with Crippen molar-refractivity contribution < 1.29 is 14.7 Å². The molecule has 0 bridgehead atoms. The van der Waals surface area contributed by atoms with E-state index in [-0.39, 0.29) is 31.1 Å². The molecule has 114 valence electrons. The first kappa shape index (κ1) is 16.0. The van der Waals surface area contributed by atoms with E-state index in [9.17, 15) is 14.7 Å². The largest absolute Gasteiger partial charge is 0.388 e. The van der Waals surface area contributed by atoms with Gasteiger partial charge in [0.25, 0.3) is 0 Å². The molecule has 21 heavy (non-hydrogen) atoms. The van der Waals surface area contributed by atoms with Crippen molar-refractivity contribution in [3.05, 3.63) is 34.9 Å². The maximum Gasteiger partial charge on any atom is 0.220 e. The van der Waals surface area contributed by atoms with E-state index in [0.717, 1.165) is 25.7 Å². The van der Waals surface area contributed by atoms with Gasteiger partial charge in [0.15, 0.2) is 5.78 Å². The van der Waals surface area contributed by atoms with Crippen LogP contribution in [-0.4, -0.2) is 28.9 Å². The Labute approximate surface area is 129 Å². The standard InChI is InChI=1S/C16H20ClNO3/c17-13-6-2-1-5-12(13)14(19)7-8-15(20)18-11-16(21)9-3-4-10-16/h1-2,5-6,21H,3-4,7-11H2,(H,18,20). The molecule has 1 aliphatic rings. The minimum Gasteiger partial charge on any atom is -0.388 e. The first-order valence-corrected chi connectivity index (χ1v) is 7.65. The molecular weight excluding hydrogens is 290 g/mol. The average Bonchev–Trinajstić information content (AvgIpc) is 2.90. The van der Waals surface area contributed by atoms with E-state index in [4.69, 9.17) is 11.6 Å². The molecule has 0 spiro atoms. The Balaban J connectivity index is 1.76. The van der Waals surface area contributed by atoms with Gasteiger partial charge in [0, 0.05) is 24.9 Å². The Hall–Kier alpha value is -1.39. The topological polar surface area (TPSA) is 66.4 Å². The summed E-state index contributed by atoms with van der Waals surface area (Å²) in [4.78, 5) is 23.7. The maximum absolute atomic E-state index is 12.0. The fourth-order valence-corrected chi connectivity index (χ4v) is 2.85. The Morgan fingerprint density at radius 1 is 1.19 bits per heavy atom. The maximum atomic E-state index is 12.0. The summed E-state index contributed by atoms with van der Waals surface area (Å²) in [6.07, 6.45) is 3.68. The number of rotatable bonds is 6. The summed E-state index contributed by atoms with van der Waals surface area (Å²) in [6, 6.07) is 6.82. The average molecular weight is 310 g/mol. The highest BCUT2D eigenvalue weighted by molar-refractivity contribution is 6.34. The van der Waals surface area contributed by atoms with E-state index in [2.05, 4.69) is 5.32 Å². The second-order valence-electron chi connectivity index (χ2n) is 5.61. The molecule has 0 aliphatic heterocycles. The van der Waals surface area contributed by atoms with Crippen molar-refractivity contribution in [3.63, 3.8) is 0 Å². The Morgan fingerprint density at radius 3 is 2.52 bits per heavy atom. The van der Waals surface area contributed by atoms with Gasteiger partial charge in [-0.05, 0) is 25.0 Å². The molecule has 0 heterocycles. The number of hydrogen-bond acceptors (Lipinski definition) is 3. The van der Waals surface area contributed by atoms with Gasteiger partial charge in [0.1, 0.15) is 0 Å². The number of halogens is 1. The van der Waals surface area contributed by atoms with Gasteiger partial charge in [0.05, 0.1) is 10.6 Å². The van der Waals surface area contributed by atoms with Crippen molar-refractivity contribution in [2.75, 3.05) is 6.54 Å². The zero-order chi connectivity index (χ0) is 15.3. The molecule has 0 aromatic heterocycles. The highest BCUT2D eigenvalue weighted by Gasteiger charge is 2.31. The Bertz CT molecular complexity index is 524. The number of ketones is 1. The zero-order valence-electron chi connectivity index (χ0n) is 11.9. The van der Waals surface area contributed by atoms with Crippen molar-refractivity contribution in [2.45, 2.75) is 44.1 Å². The molecule has 0 unspecified atom stereocenters. The van der Waals surface area contributed by atoms with E-state index in [0.29, 0.717) is 10.6 Å². The van der Waals surface area contributed by atoms with Crippen LogP contribution < -0.4 is 5.32 Å². The molecule has 5 heteroatoms. The molecule has 1 amide bonds. The lowest BCUT2D eigenvalue weighted by molar-refractivity contribution is -0.122. The minimum absolute atomic E-state index is 0.111. The third kappa shape index (κ3) is 4.55. The monoisotopic (exact) mass is 309 g/mol. The molecule has 1 aliphatic carbocycles. The normalized spacial score (nSPS) is 16.7. The van der Waals surface area contributed by atoms with Crippen molar-refractivity contribution in [3.8, 4) is 0 Å². The van der Waals surface area contributed by atoms with Gasteiger partial charge < -0.3 is 10.4 Å². The van der Waals surface area contributed by atoms with Crippen LogP contribution in [-0.2, 0) is 4.79 Å². The number of Topliss-reactive ketones (excluding diaryl/α,β-unsaturated/α-hetero) is 1. The molecule has 0 saturated heterocycles. The fourth-order valence-electron chi connectivity index (χ4n) is 2.61. The van der Waals surface area contributed by atoms with E-state index < -0.39 is 5.60 Å². The summed E-state index contributed by atoms with van der Waals surface area (Å²) in [7, 11) is 0. The van der Waals surface area contributed by atoms with Gasteiger partial charge in [-0.25, -0.2) is 0 Å². The molecule has 0 atom stereocenters. The smallest absolute Gasteiger partial charge is 0.220 e. The molecule has 2 N–H and O–H groups in total. The first-order chi connectivity index (χ1) is 10.0. The molecule has 1 fully saturated rings. The lowest BCUT2D eigenvalue weighted by atomic mass is 10.0. The fraction of sp³-hybridized carbons (Fsp3) is 0.500. The van der Waals surface area contributed by atoms with Crippen molar-refractivity contribution in [1.29, 1.82) is 0 Å². The van der Waals surface area contributed by atoms with Crippen LogP contribution in [0.25, 0.3) is 0 Å². The number of carbonyl (C=O) groups is 2. The van der Waals surface area contributed by atoms with Gasteiger partial charge in [-0.15, -0.1) is 0 Å². The van der Waals surface area contributed by atoms with Gasteiger partial charge >= 0.3 is 0 Å². The molecule has 2 rings (SSSR count). The number of amides is 1. The van der Waals surface area contributed by atoms with E-state index in [1.54, 1.807) is 24.3 Å². The van der Waals surface area contributed by atoms with Crippen LogP contribution in [0.2, 0.25) is 5.02 Å². The third-order valence-corrected chi connectivity index (χ3v) is 4.23. The quantitative estimate of drug-likeness (QED) is 0.794. The third-order valence-electron chi connectivity index (χ3n) is 3.90. The van der Waals surface area contributed by atoms with Crippen LogP contribution in [0.1, 0.15) is 48.9 Å². The van der Waals surface area contributed by atoms with Crippen LogP contribution in [0, 0.1) is 0 Å². The van der Waals surface area contributed by atoms with Crippen LogP contribution in [0.15, 0.2) is 24.3 Å². The summed E-state index contributed by atoms with van der Waals surface area (Å²) in [5.74, 6) is -0.356. The number of aliphatic hydroxyl groups is 1. The SMILES string of the molecule is O=C(CCC(=O)c1ccccc1Cl)NCC1(O)CCCC1. The van der Waals surface area contributed by atoms with Crippen LogP contribution in [0.3, 0.4) is 0 Å². The second-order valence-corrected chi connectivity index (χ2v) is 6.02. The predicted octanol–water partition coefficient (Wildman–Crippen LogP) is 2.72. The molecule has 1 saturated carbocycles. The highest BCUT2D eigenvalue weighted by atomic mass is 35.5. The molecule has 1 aromatic rings. The predicted molar refractivity (Wildman–Crippen MR) is 81.4 cm³/mol. The van der Waals surface area contributed by atoms with E-state index in [1.807, 2.05) is 0 Å². The number of carbonyl (C=O) groups excluding carboxylic acids is 2. The Kier molecular flexibility index (Phi) is 5.37. The molecule has 0 radical (unpaired) electrons. The molecule has 1 aromatic carbocycles. The lowest BCUT2D eigenvalue weighted by Crippen LogP contribution is -2.40.